The molecule has 37 heavy (non-hydrogen) atoms. The number of aliphatic imine (C=N–C) groups is 1. The standard InChI is InChI=1S/C24H25F3N8O2/c25-24(26,27)16-5-6-29-20(11-16)33-23(36)32-17-3-1-15(2-4-17)19-12-18(13-34-7-9-37-10-8-34)35-21(19)22(28)30-14-31-35/h1-6,11-12,31H,7-10,13-14H2,(H2,28,30)(H2,29,32,33,36). The summed E-state index contributed by atoms with van der Waals surface area (Å²) in [5.41, 5.74) is 12.6. The van der Waals surface area contributed by atoms with Crippen molar-refractivity contribution in [2.24, 2.45) is 10.7 Å². The Morgan fingerprint density at radius 2 is 1.86 bits per heavy atom. The molecular formula is C24H25F3N8O2. The van der Waals surface area contributed by atoms with Crippen molar-refractivity contribution < 1.29 is 22.7 Å². The number of amidine groups is 1. The first-order chi connectivity index (χ1) is 17.8. The van der Waals surface area contributed by atoms with Crippen LogP contribution in [0.4, 0.5) is 29.5 Å². The van der Waals surface area contributed by atoms with Crippen LogP contribution in [0.3, 0.4) is 0 Å². The summed E-state index contributed by atoms with van der Waals surface area (Å²) in [6.07, 6.45) is -3.54. The van der Waals surface area contributed by atoms with Crippen LogP contribution in [0.2, 0.25) is 0 Å². The van der Waals surface area contributed by atoms with Crippen molar-refractivity contribution in [1.29, 1.82) is 0 Å². The second kappa shape index (κ2) is 10.1. The molecule has 1 saturated heterocycles. The van der Waals surface area contributed by atoms with Gasteiger partial charge in [0, 0.05) is 37.1 Å². The smallest absolute Gasteiger partial charge is 0.382 e. The van der Waals surface area contributed by atoms with E-state index in [4.69, 9.17) is 10.5 Å². The van der Waals surface area contributed by atoms with Gasteiger partial charge in [0.25, 0.3) is 0 Å². The van der Waals surface area contributed by atoms with E-state index >= 15 is 0 Å². The van der Waals surface area contributed by atoms with E-state index in [0.29, 0.717) is 31.4 Å². The van der Waals surface area contributed by atoms with Gasteiger partial charge < -0.3 is 21.2 Å². The molecule has 2 aromatic heterocycles. The highest BCUT2D eigenvalue weighted by Crippen LogP contribution is 2.31. The van der Waals surface area contributed by atoms with Gasteiger partial charge in [-0.2, -0.15) is 13.2 Å². The molecule has 5 N–H and O–H groups in total. The third kappa shape index (κ3) is 5.52. The fourth-order valence-corrected chi connectivity index (χ4v) is 4.27. The Bertz CT molecular complexity index is 1310. The van der Waals surface area contributed by atoms with E-state index in [9.17, 15) is 18.0 Å². The van der Waals surface area contributed by atoms with Crippen LogP contribution in [0, 0.1) is 0 Å². The van der Waals surface area contributed by atoms with Gasteiger partial charge in [-0.3, -0.25) is 14.9 Å². The maximum absolute atomic E-state index is 12.9. The Balaban J connectivity index is 1.31. The third-order valence-corrected chi connectivity index (χ3v) is 6.07. The molecule has 0 bridgehead atoms. The highest BCUT2D eigenvalue weighted by Gasteiger charge is 2.31. The van der Waals surface area contributed by atoms with Crippen LogP contribution in [0.5, 0.6) is 0 Å². The fourth-order valence-electron chi connectivity index (χ4n) is 4.27. The summed E-state index contributed by atoms with van der Waals surface area (Å²) in [7, 11) is 0. The molecule has 3 aromatic rings. The number of fused-ring (bicyclic) bond motifs is 1. The molecule has 5 rings (SSSR count). The molecule has 13 heteroatoms. The summed E-state index contributed by atoms with van der Waals surface area (Å²) in [5.74, 6) is 0.219. The number of alkyl halides is 3. The number of urea groups is 1. The number of rotatable bonds is 5. The number of hydrogen-bond donors (Lipinski definition) is 4. The van der Waals surface area contributed by atoms with Gasteiger partial charge in [0.05, 0.1) is 24.5 Å². The maximum Gasteiger partial charge on any atom is 0.416 e. The minimum Gasteiger partial charge on any atom is -0.382 e. The van der Waals surface area contributed by atoms with Crippen molar-refractivity contribution in [3.05, 3.63) is 65.6 Å². The number of ether oxygens (including phenoxy) is 1. The predicted octanol–water partition coefficient (Wildman–Crippen LogP) is 3.27. The lowest BCUT2D eigenvalue weighted by Crippen LogP contribution is -2.38. The molecule has 1 aromatic carbocycles. The molecule has 0 spiro atoms. The molecule has 0 unspecified atom stereocenters. The SMILES string of the molecule is NC1=NCNn2c(CN3CCOCC3)cc(-c3ccc(NC(=O)Nc4cc(C(F)(F)F)ccn4)cc3)c21. The lowest BCUT2D eigenvalue weighted by molar-refractivity contribution is -0.137. The third-order valence-electron chi connectivity index (χ3n) is 6.07. The number of nitrogens with one attached hydrogen (secondary N) is 3. The summed E-state index contributed by atoms with van der Waals surface area (Å²) < 4.78 is 46.1. The number of benzene rings is 1. The van der Waals surface area contributed by atoms with Gasteiger partial charge in [0.15, 0.2) is 0 Å². The normalized spacial score (nSPS) is 15.9. The Morgan fingerprint density at radius 3 is 2.59 bits per heavy atom. The zero-order valence-corrected chi connectivity index (χ0v) is 19.7. The van der Waals surface area contributed by atoms with Crippen molar-refractivity contribution in [3.8, 4) is 11.1 Å². The van der Waals surface area contributed by atoms with E-state index < -0.39 is 17.8 Å². The van der Waals surface area contributed by atoms with Crippen molar-refractivity contribution in [2.45, 2.75) is 12.7 Å². The van der Waals surface area contributed by atoms with E-state index in [1.807, 2.05) is 16.8 Å². The fraction of sp³-hybridized carbons (Fsp3) is 0.292. The van der Waals surface area contributed by atoms with Gasteiger partial charge in [0.1, 0.15) is 24.0 Å². The molecule has 2 aliphatic heterocycles. The highest BCUT2D eigenvalue weighted by atomic mass is 19.4. The topological polar surface area (TPSA) is 122 Å². The van der Waals surface area contributed by atoms with Crippen molar-refractivity contribution in [3.63, 3.8) is 0 Å². The van der Waals surface area contributed by atoms with E-state index in [-0.39, 0.29) is 5.82 Å². The second-order valence-electron chi connectivity index (χ2n) is 8.57. The quantitative estimate of drug-likeness (QED) is 0.415. The molecule has 0 saturated carbocycles. The first-order valence-corrected chi connectivity index (χ1v) is 11.6. The molecule has 2 amide bonds. The summed E-state index contributed by atoms with van der Waals surface area (Å²) in [6, 6.07) is 10.0. The number of aromatic nitrogens is 2. The minimum atomic E-state index is -4.53. The van der Waals surface area contributed by atoms with Gasteiger partial charge in [0.2, 0.25) is 0 Å². The number of morpholine rings is 1. The Labute approximate surface area is 210 Å². The molecule has 0 atom stereocenters. The van der Waals surface area contributed by atoms with Crippen LogP contribution < -0.4 is 21.8 Å². The van der Waals surface area contributed by atoms with Crippen LogP contribution in [0.25, 0.3) is 11.1 Å². The number of anilines is 2. The molecule has 4 heterocycles. The Hall–Kier alpha value is -4.10. The van der Waals surface area contributed by atoms with Gasteiger partial charge >= 0.3 is 12.2 Å². The summed E-state index contributed by atoms with van der Waals surface area (Å²) >= 11 is 0. The Kier molecular flexibility index (Phi) is 6.72. The van der Waals surface area contributed by atoms with Gasteiger partial charge in [-0.1, -0.05) is 12.1 Å². The average Bonchev–Trinajstić information content (AvgIpc) is 3.24. The average molecular weight is 515 g/mol. The van der Waals surface area contributed by atoms with Crippen molar-refractivity contribution in [2.75, 3.05) is 49.0 Å². The zero-order valence-electron chi connectivity index (χ0n) is 19.7. The number of pyridine rings is 1. The lowest BCUT2D eigenvalue weighted by Gasteiger charge is -2.27. The van der Waals surface area contributed by atoms with Crippen LogP contribution in [-0.4, -0.2) is 59.4 Å². The number of nitrogens with two attached hydrogens (primary N) is 1. The number of halogens is 3. The van der Waals surface area contributed by atoms with E-state index in [1.165, 1.54) is 0 Å². The largest absolute Gasteiger partial charge is 0.416 e. The lowest BCUT2D eigenvalue weighted by atomic mass is 10.0. The molecule has 10 nitrogen and oxygen atoms in total. The van der Waals surface area contributed by atoms with Crippen LogP contribution >= 0.6 is 0 Å². The molecule has 2 aliphatic rings. The maximum atomic E-state index is 12.9. The van der Waals surface area contributed by atoms with E-state index in [0.717, 1.165) is 60.5 Å². The predicted molar refractivity (Wildman–Crippen MR) is 133 cm³/mol. The van der Waals surface area contributed by atoms with Gasteiger partial charge in [-0.15, -0.1) is 0 Å². The summed E-state index contributed by atoms with van der Waals surface area (Å²) in [5, 5.41) is 4.92. The summed E-state index contributed by atoms with van der Waals surface area (Å²) in [6.45, 7) is 4.18. The van der Waals surface area contributed by atoms with Crippen molar-refractivity contribution in [1.82, 2.24) is 14.6 Å². The Morgan fingerprint density at radius 1 is 1.11 bits per heavy atom. The van der Waals surface area contributed by atoms with E-state index in [1.54, 1.807) is 12.1 Å². The van der Waals surface area contributed by atoms with Crippen LogP contribution in [0.15, 0.2) is 53.7 Å². The minimum absolute atomic E-state index is 0.209. The van der Waals surface area contributed by atoms with Gasteiger partial charge in [-0.25, -0.2) is 14.8 Å². The number of nitrogens with zero attached hydrogens (tertiary/aromatic N) is 4. The molecular weight excluding hydrogens is 489 g/mol. The van der Waals surface area contributed by atoms with Crippen molar-refractivity contribution >= 4 is 23.4 Å². The second-order valence-corrected chi connectivity index (χ2v) is 8.57. The molecule has 1 fully saturated rings. The van der Waals surface area contributed by atoms with Crippen LogP contribution in [0.1, 0.15) is 17.0 Å². The van der Waals surface area contributed by atoms with Gasteiger partial charge in [-0.05, 0) is 35.9 Å². The number of hydrogen-bond acceptors (Lipinski definition) is 7. The first-order valence-electron chi connectivity index (χ1n) is 11.6. The van der Waals surface area contributed by atoms with Crippen LogP contribution in [-0.2, 0) is 17.5 Å². The number of carbonyl (C=O) groups is 1. The molecule has 194 valence electrons. The summed E-state index contributed by atoms with van der Waals surface area (Å²) in [4.78, 5) is 22.7. The highest BCUT2D eigenvalue weighted by molar-refractivity contribution is 6.03. The zero-order chi connectivity index (χ0) is 26.0. The monoisotopic (exact) mass is 514 g/mol. The molecule has 0 aliphatic carbocycles. The number of carbonyl (C=O) groups excluding carboxylic acids is 1. The van der Waals surface area contributed by atoms with E-state index in [2.05, 4.69) is 37.0 Å². The first kappa shape index (κ1) is 24.6. The molecule has 0 radical (unpaired) electrons. The number of amides is 2.